The first-order chi connectivity index (χ1) is 16.3. The van der Waals surface area contributed by atoms with Crippen molar-refractivity contribution in [3.05, 3.63) is 48.5 Å². The molecule has 34 heavy (non-hydrogen) atoms. The van der Waals surface area contributed by atoms with Crippen LogP contribution in [-0.4, -0.2) is 71.9 Å². The van der Waals surface area contributed by atoms with Crippen LogP contribution in [0.3, 0.4) is 0 Å². The van der Waals surface area contributed by atoms with Crippen molar-refractivity contribution in [1.82, 2.24) is 0 Å². The SMILES string of the molecule is COC(=O)CBr.COC(=O)CN(CC(=O)OC)c1ccccc1OC.COc1ccccc1N. The van der Waals surface area contributed by atoms with Crippen LogP contribution in [0.2, 0.25) is 0 Å². The number of methoxy groups -OCH3 is 5. The van der Waals surface area contributed by atoms with Gasteiger partial charge in [0, 0.05) is 0 Å². The van der Waals surface area contributed by atoms with Gasteiger partial charge in [0.15, 0.2) is 0 Å². The van der Waals surface area contributed by atoms with Crippen molar-refractivity contribution in [2.24, 2.45) is 0 Å². The molecular weight excluding hydrogens is 512 g/mol. The molecule has 0 radical (unpaired) electrons. The van der Waals surface area contributed by atoms with Crippen molar-refractivity contribution in [1.29, 1.82) is 0 Å². The average molecular weight is 543 g/mol. The van der Waals surface area contributed by atoms with Gasteiger partial charge in [0.25, 0.3) is 0 Å². The molecule has 0 aliphatic rings. The number of halogens is 1. The van der Waals surface area contributed by atoms with Crippen LogP contribution in [0.4, 0.5) is 11.4 Å². The minimum Gasteiger partial charge on any atom is -0.495 e. The maximum Gasteiger partial charge on any atom is 0.325 e. The number of carbonyl (C=O) groups is 3. The number of nitrogens with two attached hydrogens (primary N) is 1. The minimum atomic E-state index is -0.449. The zero-order valence-electron chi connectivity index (χ0n) is 19.9. The molecule has 2 aromatic carbocycles. The standard InChI is InChI=1S/C13H17NO5.C7H9NO.C3H5BrO2/c1-17-11-7-5-4-6-10(11)14(8-12(15)18-2)9-13(16)19-3;1-9-7-5-3-2-4-6(7)8;1-6-3(5)2-4/h4-7H,8-9H2,1-3H3;2-5H,8H2,1H3;2H2,1H3. The van der Waals surface area contributed by atoms with Crippen molar-refractivity contribution in [2.75, 3.05) is 64.6 Å². The zero-order valence-corrected chi connectivity index (χ0v) is 21.5. The molecule has 0 aliphatic heterocycles. The number of esters is 3. The molecule has 0 amide bonds. The van der Waals surface area contributed by atoms with E-state index in [2.05, 4.69) is 30.1 Å². The molecule has 0 spiro atoms. The van der Waals surface area contributed by atoms with Gasteiger partial charge in [0.05, 0.1) is 46.9 Å². The summed E-state index contributed by atoms with van der Waals surface area (Å²) in [6.45, 7) is -0.127. The highest BCUT2D eigenvalue weighted by molar-refractivity contribution is 9.09. The number of hydrogen-bond donors (Lipinski definition) is 1. The molecule has 188 valence electrons. The van der Waals surface area contributed by atoms with Crippen molar-refractivity contribution in [3.63, 3.8) is 0 Å². The number of anilines is 2. The summed E-state index contributed by atoms with van der Waals surface area (Å²) in [5.41, 5.74) is 6.81. The van der Waals surface area contributed by atoms with Gasteiger partial charge in [-0.3, -0.25) is 14.4 Å². The number of carbonyl (C=O) groups excluding carboxylic acids is 3. The molecule has 2 rings (SSSR count). The lowest BCUT2D eigenvalue weighted by Gasteiger charge is -2.23. The molecule has 0 saturated carbocycles. The van der Waals surface area contributed by atoms with E-state index >= 15 is 0 Å². The number of rotatable bonds is 8. The monoisotopic (exact) mass is 542 g/mol. The maximum atomic E-state index is 11.4. The minimum absolute atomic E-state index is 0.0635. The first kappa shape index (κ1) is 30.5. The van der Waals surface area contributed by atoms with Gasteiger partial charge in [0.1, 0.15) is 29.9 Å². The summed E-state index contributed by atoms with van der Waals surface area (Å²) in [7, 11) is 7.06. The van der Waals surface area contributed by atoms with Gasteiger partial charge in [-0.1, -0.05) is 40.2 Å². The summed E-state index contributed by atoms with van der Waals surface area (Å²) in [6.07, 6.45) is 0. The van der Waals surface area contributed by atoms with Crippen molar-refractivity contribution in [3.8, 4) is 11.5 Å². The summed E-state index contributed by atoms with van der Waals surface area (Å²) in [4.78, 5) is 34.3. The summed E-state index contributed by atoms with van der Waals surface area (Å²) < 4.78 is 23.6. The van der Waals surface area contributed by atoms with E-state index in [-0.39, 0.29) is 24.4 Å². The molecule has 0 fully saturated rings. The van der Waals surface area contributed by atoms with E-state index < -0.39 is 11.9 Å². The number of nitrogen functional groups attached to an aromatic ring is 1. The van der Waals surface area contributed by atoms with Gasteiger partial charge in [-0.25, -0.2) is 0 Å². The number of benzene rings is 2. The fourth-order valence-corrected chi connectivity index (χ4v) is 2.51. The summed E-state index contributed by atoms with van der Waals surface area (Å²) >= 11 is 2.90. The summed E-state index contributed by atoms with van der Waals surface area (Å²) in [5.74, 6) is 0.160. The van der Waals surface area contributed by atoms with Crippen LogP contribution in [0.15, 0.2) is 48.5 Å². The molecule has 0 heterocycles. The van der Waals surface area contributed by atoms with Crippen LogP contribution < -0.4 is 20.1 Å². The van der Waals surface area contributed by atoms with Gasteiger partial charge in [-0.15, -0.1) is 0 Å². The van der Waals surface area contributed by atoms with Crippen LogP contribution in [0.5, 0.6) is 11.5 Å². The maximum absolute atomic E-state index is 11.4. The van der Waals surface area contributed by atoms with E-state index in [0.29, 0.717) is 17.1 Å². The van der Waals surface area contributed by atoms with Gasteiger partial charge < -0.3 is 34.3 Å². The highest BCUT2D eigenvalue weighted by Gasteiger charge is 2.18. The number of hydrogen-bond acceptors (Lipinski definition) is 10. The van der Waals surface area contributed by atoms with E-state index in [0.717, 1.165) is 5.75 Å². The zero-order chi connectivity index (χ0) is 25.9. The Morgan fingerprint density at radius 2 is 1.18 bits per heavy atom. The normalized spacial score (nSPS) is 9.12. The molecule has 2 N–H and O–H groups in total. The second kappa shape index (κ2) is 18.0. The van der Waals surface area contributed by atoms with Gasteiger partial charge in [-0.2, -0.15) is 0 Å². The van der Waals surface area contributed by atoms with Crippen molar-refractivity contribution in [2.45, 2.75) is 0 Å². The van der Waals surface area contributed by atoms with Gasteiger partial charge >= 0.3 is 17.9 Å². The molecule has 10 nitrogen and oxygen atoms in total. The van der Waals surface area contributed by atoms with Crippen LogP contribution >= 0.6 is 15.9 Å². The Morgan fingerprint density at radius 3 is 1.53 bits per heavy atom. The van der Waals surface area contributed by atoms with Crippen molar-refractivity contribution >= 4 is 45.2 Å². The van der Waals surface area contributed by atoms with E-state index in [1.54, 1.807) is 37.4 Å². The fourth-order valence-electron chi connectivity index (χ4n) is 2.28. The first-order valence-electron chi connectivity index (χ1n) is 9.80. The molecule has 0 aromatic heterocycles. The molecule has 11 heteroatoms. The van der Waals surface area contributed by atoms with Gasteiger partial charge in [0.2, 0.25) is 0 Å². The number of alkyl halides is 1. The number of para-hydroxylation sites is 4. The van der Waals surface area contributed by atoms with Crippen LogP contribution in [0.1, 0.15) is 0 Å². The van der Waals surface area contributed by atoms with E-state index in [1.165, 1.54) is 33.3 Å². The number of nitrogens with zero attached hydrogens (tertiary/aromatic N) is 1. The van der Waals surface area contributed by atoms with E-state index in [9.17, 15) is 14.4 Å². The van der Waals surface area contributed by atoms with Crippen LogP contribution in [-0.2, 0) is 28.6 Å². The predicted octanol–water partition coefficient (Wildman–Crippen LogP) is 2.68. The molecule has 0 atom stereocenters. The highest BCUT2D eigenvalue weighted by Crippen LogP contribution is 2.27. The second-order valence-electron chi connectivity index (χ2n) is 6.13. The third kappa shape index (κ3) is 12.0. The first-order valence-corrected chi connectivity index (χ1v) is 10.9. The summed E-state index contributed by atoms with van der Waals surface area (Å²) in [6, 6.07) is 14.5. The Kier molecular flexibility index (Phi) is 16.2. The molecule has 0 bridgehead atoms. The van der Waals surface area contributed by atoms with Gasteiger partial charge in [-0.05, 0) is 24.3 Å². The predicted molar refractivity (Wildman–Crippen MR) is 132 cm³/mol. The van der Waals surface area contributed by atoms with E-state index in [1.807, 2.05) is 18.2 Å². The average Bonchev–Trinajstić information content (AvgIpc) is 2.88. The molecule has 0 saturated heterocycles. The summed E-state index contributed by atoms with van der Waals surface area (Å²) in [5, 5.41) is 0.281. The Bertz CT molecular complexity index is 871. The molecule has 0 unspecified atom stereocenters. The Hall–Kier alpha value is -3.47. The largest absolute Gasteiger partial charge is 0.495 e. The lowest BCUT2D eigenvalue weighted by molar-refractivity contribution is -0.140. The second-order valence-corrected chi connectivity index (χ2v) is 6.69. The molecular formula is C23H31BrN2O8. The Morgan fingerprint density at radius 1 is 0.735 bits per heavy atom. The lowest BCUT2D eigenvalue weighted by atomic mass is 10.2. The van der Waals surface area contributed by atoms with E-state index in [4.69, 9.17) is 15.2 Å². The lowest BCUT2D eigenvalue weighted by Crippen LogP contribution is -2.35. The smallest absolute Gasteiger partial charge is 0.325 e. The van der Waals surface area contributed by atoms with Crippen molar-refractivity contribution < 1.29 is 38.1 Å². The topological polar surface area (TPSA) is 127 Å². The third-order valence-electron chi connectivity index (χ3n) is 4.00. The van der Waals surface area contributed by atoms with Crippen LogP contribution in [0.25, 0.3) is 0 Å². The van der Waals surface area contributed by atoms with Crippen LogP contribution in [0, 0.1) is 0 Å². The Balaban J connectivity index is 0.000000596. The third-order valence-corrected chi connectivity index (χ3v) is 4.45. The molecule has 2 aromatic rings. The quantitative estimate of drug-likeness (QED) is 0.230. The highest BCUT2D eigenvalue weighted by atomic mass is 79.9. The number of ether oxygens (including phenoxy) is 5. The molecule has 0 aliphatic carbocycles. The Labute approximate surface area is 208 Å². The fraction of sp³-hybridized carbons (Fsp3) is 0.348.